The van der Waals surface area contributed by atoms with Crippen molar-refractivity contribution in [3.05, 3.63) is 35.9 Å². The molecule has 4 atom stereocenters. The zero-order valence-electron chi connectivity index (χ0n) is 14.5. The van der Waals surface area contributed by atoms with E-state index in [2.05, 4.69) is 47.5 Å². The Morgan fingerprint density at radius 1 is 1.17 bits per heavy atom. The number of hydrogen-bond acceptors (Lipinski definition) is 3. The molecule has 2 N–H and O–H groups in total. The second-order valence-electron chi connectivity index (χ2n) is 7.61. The van der Waals surface area contributed by atoms with Crippen LogP contribution >= 0.6 is 0 Å². The highest BCUT2D eigenvalue weighted by Crippen LogP contribution is 2.35. The molecular weight excluding hydrogens is 284 g/mol. The number of rotatable bonds is 7. The number of benzene rings is 1. The van der Waals surface area contributed by atoms with Crippen LogP contribution in [0.1, 0.15) is 44.6 Å². The highest BCUT2D eigenvalue weighted by atomic mass is 16.2. The Balaban J connectivity index is 1.56. The second kappa shape index (κ2) is 8.27. The average Bonchev–Trinajstić information content (AvgIpc) is 2.57. The molecule has 1 aliphatic heterocycles. The van der Waals surface area contributed by atoms with Crippen molar-refractivity contribution in [1.29, 1.82) is 0 Å². The van der Waals surface area contributed by atoms with Gasteiger partial charge in [0.2, 0.25) is 0 Å². The Labute approximate surface area is 141 Å². The lowest BCUT2D eigenvalue weighted by Crippen LogP contribution is -2.56. The van der Waals surface area contributed by atoms with E-state index in [4.69, 9.17) is 5.11 Å². The largest absolute Gasteiger partial charge is 0.396 e. The Morgan fingerprint density at radius 2 is 2.00 bits per heavy atom. The lowest BCUT2D eigenvalue weighted by Gasteiger charge is -2.48. The fourth-order valence-corrected chi connectivity index (χ4v) is 4.30. The molecule has 0 radical (unpaired) electrons. The standard InChI is InChI=1S/C20H32N2O/c1-16-9-10-20(16)22-14-18(8-5-11-23)12-19(15-22)21-13-17-6-3-2-4-7-17/h2-4,6-7,16,18-21,23H,5,8-15H2,1H3. The van der Waals surface area contributed by atoms with Crippen molar-refractivity contribution in [3.63, 3.8) is 0 Å². The van der Waals surface area contributed by atoms with Crippen molar-refractivity contribution < 1.29 is 5.11 Å². The summed E-state index contributed by atoms with van der Waals surface area (Å²) in [5.41, 5.74) is 1.37. The maximum Gasteiger partial charge on any atom is 0.0431 e. The first-order valence-electron chi connectivity index (χ1n) is 9.38. The van der Waals surface area contributed by atoms with E-state index in [9.17, 15) is 0 Å². The third-order valence-electron chi connectivity index (χ3n) is 5.82. The normalized spacial score (nSPS) is 31.7. The number of hydrogen-bond donors (Lipinski definition) is 2. The SMILES string of the molecule is CC1CCC1N1CC(CCCO)CC(NCc2ccccc2)C1. The molecule has 0 spiro atoms. The summed E-state index contributed by atoms with van der Waals surface area (Å²) in [7, 11) is 0. The van der Waals surface area contributed by atoms with Crippen molar-refractivity contribution in [2.24, 2.45) is 11.8 Å². The summed E-state index contributed by atoms with van der Waals surface area (Å²) in [5.74, 6) is 1.60. The minimum absolute atomic E-state index is 0.332. The summed E-state index contributed by atoms with van der Waals surface area (Å²) in [4.78, 5) is 2.74. The van der Waals surface area contributed by atoms with Gasteiger partial charge in [-0.2, -0.15) is 0 Å². The van der Waals surface area contributed by atoms with E-state index in [0.717, 1.165) is 37.3 Å². The third-order valence-corrected chi connectivity index (χ3v) is 5.82. The molecule has 3 rings (SSSR count). The van der Waals surface area contributed by atoms with Gasteiger partial charge >= 0.3 is 0 Å². The van der Waals surface area contributed by atoms with E-state index >= 15 is 0 Å². The zero-order valence-corrected chi connectivity index (χ0v) is 14.5. The van der Waals surface area contributed by atoms with Crippen LogP contribution in [0, 0.1) is 11.8 Å². The van der Waals surface area contributed by atoms with Gasteiger partial charge in [0.1, 0.15) is 0 Å². The van der Waals surface area contributed by atoms with Gasteiger partial charge in [-0.05, 0) is 49.5 Å². The van der Waals surface area contributed by atoms with Crippen molar-refractivity contribution >= 4 is 0 Å². The molecule has 1 saturated heterocycles. The second-order valence-corrected chi connectivity index (χ2v) is 7.61. The molecule has 0 bridgehead atoms. The highest BCUT2D eigenvalue weighted by Gasteiger charge is 2.37. The predicted octanol–water partition coefficient (Wildman–Crippen LogP) is 3.04. The van der Waals surface area contributed by atoms with Crippen LogP contribution < -0.4 is 5.32 Å². The molecule has 1 heterocycles. The first-order chi connectivity index (χ1) is 11.3. The van der Waals surface area contributed by atoms with Crippen molar-refractivity contribution in [2.75, 3.05) is 19.7 Å². The molecule has 23 heavy (non-hydrogen) atoms. The summed E-state index contributed by atoms with van der Waals surface area (Å²) in [6, 6.07) is 12.1. The van der Waals surface area contributed by atoms with Crippen LogP contribution in [0.15, 0.2) is 30.3 Å². The van der Waals surface area contributed by atoms with Crippen LogP contribution in [0.2, 0.25) is 0 Å². The van der Waals surface area contributed by atoms with Crippen molar-refractivity contribution in [2.45, 2.75) is 57.7 Å². The van der Waals surface area contributed by atoms with E-state index in [1.807, 2.05) is 0 Å². The monoisotopic (exact) mass is 316 g/mol. The summed E-state index contributed by atoms with van der Waals surface area (Å²) in [5, 5.41) is 12.9. The van der Waals surface area contributed by atoms with Gasteiger partial charge in [-0.25, -0.2) is 0 Å². The highest BCUT2D eigenvalue weighted by molar-refractivity contribution is 5.14. The quantitative estimate of drug-likeness (QED) is 0.811. The van der Waals surface area contributed by atoms with Crippen LogP contribution in [-0.2, 0) is 6.54 Å². The van der Waals surface area contributed by atoms with Crippen LogP contribution in [0.3, 0.4) is 0 Å². The minimum atomic E-state index is 0.332. The molecule has 2 fully saturated rings. The van der Waals surface area contributed by atoms with E-state index in [0.29, 0.717) is 12.6 Å². The van der Waals surface area contributed by atoms with Gasteiger partial charge in [-0.3, -0.25) is 4.90 Å². The van der Waals surface area contributed by atoms with Gasteiger partial charge in [-0.1, -0.05) is 37.3 Å². The number of aliphatic hydroxyl groups excluding tert-OH is 1. The van der Waals surface area contributed by atoms with Crippen LogP contribution in [-0.4, -0.2) is 41.8 Å². The summed E-state index contributed by atoms with van der Waals surface area (Å²) < 4.78 is 0. The van der Waals surface area contributed by atoms with Gasteiger partial charge in [0.05, 0.1) is 0 Å². The molecule has 1 aliphatic carbocycles. The Morgan fingerprint density at radius 3 is 2.65 bits per heavy atom. The molecule has 0 amide bonds. The smallest absolute Gasteiger partial charge is 0.0431 e. The molecule has 128 valence electrons. The van der Waals surface area contributed by atoms with Crippen LogP contribution in [0.4, 0.5) is 0 Å². The fraction of sp³-hybridized carbons (Fsp3) is 0.700. The van der Waals surface area contributed by atoms with Gasteiger partial charge < -0.3 is 10.4 Å². The Bertz CT molecular complexity index is 464. The third kappa shape index (κ3) is 4.56. The first kappa shape index (κ1) is 16.9. The predicted molar refractivity (Wildman–Crippen MR) is 95.3 cm³/mol. The lowest BCUT2D eigenvalue weighted by molar-refractivity contribution is 0.0197. The molecule has 1 saturated carbocycles. The summed E-state index contributed by atoms with van der Waals surface area (Å²) >= 11 is 0. The van der Waals surface area contributed by atoms with Crippen molar-refractivity contribution in [3.8, 4) is 0 Å². The number of nitrogens with one attached hydrogen (secondary N) is 1. The molecule has 1 aromatic rings. The number of aliphatic hydroxyl groups is 1. The van der Waals surface area contributed by atoms with E-state index in [1.54, 1.807) is 0 Å². The Hall–Kier alpha value is -0.900. The van der Waals surface area contributed by atoms with Gasteiger partial charge in [0, 0.05) is 38.3 Å². The molecule has 1 aromatic carbocycles. The molecule has 4 unspecified atom stereocenters. The fourth-order valence-electron chi connectivity index (χ4n) is 4.30. The molecule has 3 nitrogen and oxygen atoms in total. The van der Waals surface area contributed by atoms with E-state index in [1.165, 1.54) is 37.9 Å². The van der Waals surface area contributed by atoms with Crippen molar-refractivity contribution in [1.82, 2.24) is 10.2 Å². The molecule has 0 aromatic heterocycles. The van der Waals surface area contributed by atoms with E-state index < -0.39 is 0 Å². The number of piperidine rings is 1. The topological polar surface area (TPSA) is 35.5 Å². The van der Waals surface area contributed by atoms with E-state index in [-0.39, 0.29) is 0 Å². The minimum Gasteiger partial charge on any atom is -0.396 e. The molecule has 2 aliphatic rings. The van der Waals surface area contributed by atoms with Gasteiger partial charge in [-0.15, -0.1) is 0 Å². The number of likely N-dealkylation sites (tertiary alicyclic amines) is 1. The summed E-state index contributed by atoms with van der Waals surface area (Å²) in [6.45, 7) is 6.12. The summed E-state index contributed by atoms with van der Waals surface area (Å²) in [6.07, 6.45) is 6.13. The number of nitrogens with zero attached hydrogens (tertiary/aromatic N) is 1. The first-order valence-corrected chi connectivity index (χ1v) is 9.38. The van der Waals surface area contributed by atoms with Gasteiger partial charge in [0.15, 0.2) is 0 Å². The molecule has 3 heteroatoms. The van der Waals surface area contributed by atoms with Gasteiger partial charge in [0.25, 0.3) is 0 Å². The lowest BCUT2D eigenvalue weighted by atomic mass is 9.77. The Kier molecular flexibility index (Phi) is 6.09. The maximum absolute atomic E-state index is 9.16. The zero-order chi connectivity index (χ0) is 16.1. The average molecular weight is 316 g/mol. The maximum atomic E-state index is 9.16. The van der Waals surface area contributed by atoms with Crippen LogP contribution in [0.25, 0.3) is 0 Å². The molecular formula is C20H32N2O. The van der Waals surface area contributed by atoms with Crippen LogP contribution in [0.5, 0.6) is 0 Å².